The summed E-state index contributed by atoms with van der Waals surface area (Å²) in [5.74, 6) is 0.645. The maximum Gasteiger partial charge on any atom is 0.332 e. The van der Waals surface area contributed by atoms with Gasteiger partial charge in [-0.05, 0) is 31.5 Å². The molecule has 1 saturated heterocycles. The zero-order chi connectivity index (χ0) is 25.6. The third-order valence-electron chi connectivity index (χ3n) is 6.90. The molecule has 9 nitrogen and oxygen atoms in total. The lowest BCUT2D eigenvalue weighted by Crippen LogP contribution is -2.49. The molecule has 2 aromatic carbocycles. The molecule has 1 amide bonds. The Morgan fingerprint density at radius 3 is 2.25 bits per heavy atom. The number of hydrogen-bond acceptors (Lipinski definition) is 5. The molecule has 0 N–H and O–H groups in total. The van der Waals surface area contributed by atoms with E-state index in [1.54, 1.807) is 7.05 Å². The highest BCUT2D eigenvalue weighted by Crippen LogP contribution is 2.23. The maximum atomic E-state index is 13.2. The van der Waals surface area contributed by atoms with Crippen LogP contribution in [0.1, 0.15) is 27.0 Å². The van der Waals surface area contributed by atoms with Gasteiger partial charge < -0.3 is 9.80 Å². The smallest absolute Gasteiger partial charge is 0.332 e. The molecular weight excluding hydrogens is 456 g/mol. The minimum absolute atomic E-state index is 0.0131. The molecule has 0 unspecified atom stereocenters. The average molecular weight is 487 g/mol. The second-order valence-corrected chi connectivity index (χ2v) is 9.51. The molecular formula is C27H30N6O3. The molecule has 0 radical (unpaired) electrons. The molecule has 186 valence electrons. The molecule has 0 atom stereocenters. The van der Waals surface area contributed by atoms with Gasteiger partial charge in [0.15, 0.2) is 11.2 Å². The molecule has 9 heteroatoms. The van der Waals surface area contributed by atoms with Gasteiger partial charge in [-0.3, -0.25) is 23.3 Å². The number of piperazine rings is 1. The number of nitrogens with zero attached hydrogens (tertiary/aromatic N) is 6. The van der Waals surface area contributed by atoms with Crippen LogP contribution < -0.4 is 16.1 Å². The largest absolute Gasteiger partial charge is 0.339 e. The normalized spacial score (nSPS) is 14.0. The van der Waals surface area contributed by atoms with Crippen LogP contribution in [0.2, 0.25) is 0 Å². The number of fused-ring (bicyclic) bond motifs is 1. The van der Waals surface area contributed by atoms with E-state index in [0.717, 1.165) is 21.3 Å². The van der Waals surface area contributed by atoms with E-state index < -0.39 is 5.69 Å². The fourth-order valence-corrected chi connectivity index (χ4v) is 4.81. The zero-order valence-corrected chi connectivity index (χ0v) is 21.1. The lowest BCUT2D eigenvalue weighted by Gasteiger charge is -2.35. The summed E-state index contributed by atoms with van der Waals surface area (Å²) >= 11 is 0. The third kappa shape index (κ3) is 4.10. The van der Waals surface area contributed by atoms with Crippen molar-refractivity contribution >= 4 is 23.0 Å². The van der Waals surface area contributed by atoms with E-state index in [9.17, 15) is 14.4 Å². The third-order valence-corrected chi connectivity index (χ3v) is 6.90. The van der Waals surface area contributed by atoms with Crippen LogP contribution in [0.25, 0.3) is 11.2 Å². The predicted molar refractivity (Wildman–Crippen MR) is 140 cm³/mol. The Bertz CT molecular complexity index is 1570. The first kappa shape index (κ1) is 23.6. The molecule has 1 aliphatic heterocycles. The standard InChI is InChI=1S/C27H30N6O3/c1-18-8-10-21(11-9-18)24(34)31-12-14-32(15-13-31)26-28-23-22(25(35)30(4)27(36)29(23)3)33(26)17-20-7-5-6-19(2)16-20/h5-11,16H,12-15,17H2,1-4H3. The van der Waals surface area contributed by atoms with Crippen molar-refractivity contribution in [3.63, 3.8) is 0 Å². The van der Waals surface area contributed by atoms with Crippen molar-refractivity contribution in [2.24, 2.45) is 14.1 Å². The highest BCUT2D eigenvalue weighted by Gasteiger charge is 2.27. The summed E-state index contributed by atoms with van der Waals surface area (Å²) in [7, 11) is 3.12. The monoisotopic (exact) mass is 486 g/mol. The molecule has 0 bridgehead atoms. The molecule has 1 aliphatic rings. The second kappa shape index (κ2) is 9.14. The van der Waals surface area contributed by atoms with Gasteiger partial charge in [0.25, 0.3) is 11.5 Å². The second-order valence-electron chi connectivity index (χ2n) is 9.51. The molecule has 0 spiro atoms. The van der Waals surface area contributed by atoms with Gasteiger partial charge in [0.1, 0.15) is 0 Å². The van der Waals surface area contributed by atoms with Crippen molar-refractivity contribution in [3.8, 4) is 0 Å². The summed E-state index contributed by atoms with van der Waals surface area (Å²) in [5.41, 5.74) is 3.95. The molecule has 1 fully saturated rings. The van der Waals surface area contributed by atoms with E-state index in [2.05, 4.69) is 11.0 Å². The summed E-state index contributed by atoms with van der Waals surface area (Å²) < 4.78 is 4.45. The number of carbonyl (C=O) groups excluding carboxylic acids is 1. The SMILES string of the molecule is Cc1ccc(C(=O)N2CCN(c3nc4c(c(=O)n(C)c(=O)n4C)n3Cc3cccc(C)c3)CC2)cc1. The predicted octanol–water partition coefficient (Wildman–Crippen LogP) is 2.06. The first-order valence-electron chi connectivity index (χ1n) is 12.1. The molecule has 36 heavy (non-hydrogen) atoms. The summed E-state index contributed by atoms with van der Waals surface area (Å²) in [6, 6.07) is 15.7. The Morgan fingerprint density at radius 1 is 0.889 bits per heavy atom. The number of rotatable bonds is 4. The van der Waals surface area contributed by atoms with Crippen LogP contribution in [0.15, 0.2) is 58.1 Å². The van der Waals surface area contributed by atoms with Gasteiger partial charge in [-0.25, -0.2) is 4.79 Å². The van der Waals surface area contributed by atoms with Crippen molar-refractivity contribution < 1.29 is 4.79 Å². The molecule has 0 saturated carbocycles. The first-order valence-corrected chi connectivity index (χ1v) is 12.1. The van der Waals surface area contributed by atoms with Gasteiger partial charge in [-0.1, -0.05) is 47.5 Å². The van der Waals surface area contributed by atoms with Gasteiger partial charge >= 0.3 is 5.69 Å². The van der Waals surface area contributed by atoms with E-state index >= 15 is 0 Å². The maximum absolute atomic E-state index is 13.2. The Labute approximate surface area is 208 Å². The van der Waals surface area contributed by atoms with Crippen LogP contribution in [-0.2, 0) is 20.6 Å². The zero-order valence-electron chi connectivity index (χ0n) is 21.1. The highest BCUT2D eigenvalue weighted by molar-refractivity contribution is 5.94. The van der Waals surface area contributed by atoms with Crippen LogP contribution in [0.3, 0.4) is 0 Å². The van der Waals surface area contributed by atoms with Crippen LogP contribution in [0.4, 0.5) is 5.95 Å². The van der Waals surface area contributed by atoms with E-state index in [0.29, 0.717) is 55.4 Å². The Morgan fingerprint density at radius 2 is 1.58 bits per heavy atom. The number of aromatic nitrogens is 4. The summed E-state index contributed by atoms with van der Waals surface area (Å²) in [4.78, 5) is 47.6. The van der Waals surface area contributed by atoms with Crippen molar-refractivity contribution in [2.45, 2.75) is 20.4 Å². The molecule has 3 heterocycles. The van der Waals surface area contributed by atoms with E-state index in [1.165, 1.54) is 11.6 Å². The molecule has 0 aliphatic carbocycles. The topological polar surface area (TPSA) is 85.4 Å². The van der Waals surface area contributed by atoms with E-state index in [1.807, 2.05) is 65.8 Å². The average Bonchev–Trinajstić information content (AvgIpc) is 3.25. The molecule has 2 aromatic heterocycles. The Balaban J connectivity index is 1.51. The lowest BCUT2D eigenvalue weighted by atomic mass is 10.1. The van der Waals surface area contributed by atoms with E-state index in [-0.39, 0.29) is 11.5 Å². The van der Waals surface area contributed by atoms with E-state index in [4.69, 9.17) is 4.98 Å². The van der Waals surface area contributed by atoms with Gasteiger partial charge in [-0.15, -0.1) is 0 Å². The number of imidazole rings is 1. The minimum Gasteiger partial charge on any atom is -0.339 e. The fraction of sp³-hybridized carbons (Fsp3) is 0.333. The van der Waals surface area contributed by atoms with Crippen LogP contribution in [0.5, 0.6) is 0 Å². The van der Waals surface area contributed by atoms with Gasteiger partial charge in [0.2, 0.25) is 5.95 Å². The van der Waals surface area contributed by atoms with Crippen molar-refractivity contribution in [1.29, 1.82) is 0 Å². The first-order chi connectivity index (χ1) is 17.2. The number of anilines is 1. The van der Waals surface area contributed by atoms with Crippen LogP contribution in [0, 0.1) is 13.8 Å². The van der Waals surface area contributed by atoms with Crippen LogP contribution in [-0.4, -0.2) is 55.7 Å². The van der Waals surface area contributed by atoms with Gasteiger partial charge in [0.05, 0.1) is 6.54 Å². The number of carbonyl (C=O) groups is 1. The summed E-state index contributed by atoms with van der Waals surface area (Å²) in [6.07, 6.45) is 0. The van der Waals surface area contributed by atoms with Gasteiger partial charge in [0, 0.05) is 45.8 Å². The molecule has 4 aromatic rings. The van der Waals surface area contributed by atoms with Crippen molar-refractivity contribution in [3.05, 3.63) is 91.6 Å². The number of benzene rings is 2. The number of amides is 1. The fourth-order valence-electron chi connectivity index (χ4n) is 4.81. The number of hydrogen-bond donors (Lipinski definition) is 0. The van der Waals surface area contributed by atoms with Gasteiger partial charge in [-0.2, -0.15) is 4.98 Å². The summed E-state index contributed by atoms with van der Waals surface area (Å²) in [5, 5.41) is 0. The quantitative estimate of drug-likeness (QED) is 0.441. The minimum atomic E-state index is -0.409. The lowest BCUT2D eigenvalue weighted by molar-refractivity contribution is 0.0746. The summed E-state index contributed by atoms with van der Waals surface area (Å²) in [6.45, 7) is 6.70. The van der Waals surface area contributed by atoms with Crippen molar-refractivity contribution in [1.82, 2.24) is 23.6 Å². The Kier molecular flexibility index (Phi) is 5.99. The highest BCUT2D eigenvalue weighted by atomic mass is 16.2. The van der Waals surface area contributed by atoms with Crippen molar-refractivity contribution in [2.75, 3.05) is 31.1 Å². The number of aryl methyl sites for hydroxylation is 3. The Hall–Kier alpha value is -4.14. The molecule has 5 rings (SSSR count). The van der Waals surface area contributed by atoms with Crippen LogP contribution >= 0.6 is 0 Å².